The maximum atomic E-state index is 15.4. The fourth-order valence-electron chi connectivity index (χ4n) is 13.1. The van der Waals surface area contributed by atoms with Gasteiger partial charge in [-0.25, -0.2) is 4.72 Å². The summed E-state index contributed by atoms with van der Waals surface area (Å²) in [7, 11) is -4.06. The lowest BCUT2D eigenvalue weighted by Crippen LogP contribution is -2.56. The molecule has 7 atom stereocenters. The summed E-state index contributed by atoms with van der Waals surface area (Å²) < 4.78 is 30.0. The van der Waals surface area contributed by atoms with Gasteiger partial charge in [-0.2, -0.15) is 12.7 Å². The average Bonchev–Trinajstić information content (AvgIpc) is 3.64. The number of nitrogens with zero attached hydrogens (tertiary/aromatic N) is 3. The van der Waals surface area contributed by atoms with Crippen LogP contribution in [-0.4, -0.2) is 103 Å². The van der Waals surface area contributed by atoms with E-state index in [1.807, 2.05) is 20.8 Å². The first-order valence-corrected chi connectivity index (χ1v) is 24.6. The van der Waals surface area contributed by atoms with Crippen LogP contribution in [0.4, 0.5) is 0 Å². The summed E-state index contributed by atoms with van der Waals surface area (Å²) in [4.78, 5) is 76.9. The summed E-state index contributed by atoms with van der Waals surface area (Å²) in [5.74, 6) is -2.43. The predicted octanol–water partition coefficient (Wildman–Crippen LogP) is 5.95. The van der Waals surface area contributed by atoms with Crippen molar-refractivity contribution in [2.24, 2.45) is 44.8 Å². The molecule has 0 aromatic heterocycles. The van der Waals surface area contributed by atoms with E-state index in [0.717, 1.165) is 96.6 Å². The molecule has 3 heterocycles. The van der Waals surface area contributed by atoms with Crippen LogP contribution < -0.4 is 10.0 Å². The molecule has 7 fully saturated rings. The molecule has 0 radical (unpaired) electrons. The van der Waals surface area contributed by atoms with Gasteiger partial charge < -0.3 is 10.2 Å². The van der Waals surface area contributed by atoms with Gasteiger partial charge in [0.2, 0.25) is 17.7 Å². The summed E-state index contributed by atoms with van der Waals surface area (Å²) in [6.07, 6.45) is 14.5. The molecule has 13 heteroatoms. The molecule has 2 spiro atoms. The maximum absolute atomic E-state index is 15.4. The van der Waals surface area contributed by atoms with Crippen LogP contribution in [0.3, 0.4) is 0 Å². The molecular weight excluding hydrogens is 767 g/mol. The molecule has 330 valence electrons. The number of nitrogens with one attached hydrogen (secondary N) is 2. The molecule has 3 aliphatic heterocycles. The van der Waals surface area contributed by atoms with Gasteiger partial charge in [0.05, 0.1) is 23.5 Å². The maximum Gasteiger partial charge on any atom is 0.303 e. The zero-order valence-corrected chi connectivity index (χ0v) is 37.7. The number of carbonyl (C=O) groups is 5. The van der Waals surface area contributed by atoms with Crippen molar-refractivity contribution in [3.63, 3.8) is 0 Å². The van der Waals surface area contributed by atoms with Crippen molar-refractivity contribution in [3.8, 4) is 0 Å². The topological polar surface area (TPSA) is 153 Å². The van der Waals surface area contributed by atoms with E-state index in [1.165, 1.54) is 4.31 Å². The van der Waals surface area contributed by atoms with E-state index in [4.69, 9.17) is 0 Å². The Bertz CT molecular complexity index is 1790. The molecule has 0 bridgehead atoms. The standard InChI is InChI=1S/C46H73N5O7S/c1-8-32-27-44(32,41(56)48-59(57,58)50-24-15-16-25-50)29-37(53)35-28-46(43(6,7)45(46)21-17-22-45)30-51(35)40(55)33(42(3,4)5)26-36(52)38(31-18-11-10-12-19-31)47-39(54)34-20-13-14-23-49(34)9-2/h8,31-35,38H,1,9-30H2,2-7H3,(H,47,54)(H,48,56)/t32-,33-,34-,35+,38+,44-,46-/m1/s1. The second-order valence-corrected chi connectivity index (χ2v) is 23.0. The van der Waals surface area contributed by atoms with Crippen molar-refractivity contribution >= 4 is 39.5 Å². The first kappa shape index (κ1) is 44.4. The monoisotopic (exact) mass is 840 g/mol. The summed E-state index contributed by atoms with van der Waals surface area (Å²) >= 11 is 0. The third-order valence-electron chi connectivity index (χ3n) is 17.3. The molecule has 59 heavy (non-hydrogen) atoms. The smallest absolute Gasteiger partial charge is 0.303 e. The molecule has 3 amide bonds. The number of amides is 3. The highest BCUT2D eigenvalue weighted by molar-refractivity contribution is 7.87. The van der Waals surface area contributed by atoms with E-state index in [0.29, 0.717) is 32.5 Å². The lowest BCUT2D eigenvalue weighted by atomic mass is 9.73. The molecule has 2 N–H and O–H groups in total. The van der Waals surface area contributed by atoms with Crippen molar-refractivity contribution in [3.05, 3.63) is 12.7 Å². The SMILES string of the molecule is C=C[C@@H]1C[C@]1(CC(=O)[C@@H]1C[C@@]2(CN1C(=O)[C@@H](CC(=O)[C@@H](NC(=O)[C@H]1CCCCN1CC)C1CCCCC1)C(C)(C)C)C(C)(C)C21CCC1)C(=O)NS(=O)(=O)N1CCCC1. The number of allylic oxidation sites excluding steroid dienone is 1. The van der Waals surface area contributed by atoms with Crippen molar-refractivity contribution in [1.82, 2.24) is 24.1 Å². The van der Waals surface area contributed by atoms with Gasteiger partial charge in [0.15, 0.2) is 11.6 Å². The van der Waals surface area contributed by atoms with Crippen LogP contribution in [0.2, 0.25) is 0 Å². The summed E-state index contributed by atoms with van der Waals surface area (Å²) in [6, 6.07) is -1.74. The molecule has 4 saturated carbocycles. The van der Waals surface area contributed by atoms with Gasteiger partial charge in [-0.1, -0.05) is 79.7 Å². The Morgan fingerprint density at radius 1 is 0.847 bits per heavy atom. The number of piperidine rings is 1. The Balaban J connectivity index is 1.15. The summed E-state index contributed by atoms with van der Waals surface area (Å²) in [6.45, 7) is 19.2. The number of rotatable bonds is 15. The van der Waals surface area contributed by atoms with E-state index in [1.54, 1.807) is 11.0 Å². The Morgan fingerprint density at radius 3 is 2.05 bits per heavy atom. The predicted molar refractivity (Wildman–Crippen MR) is 227 cm³/mol. The van der Waals surface area contributed by atoms with Crippen LogP contribution in [0, 0.1) is 44.8 Å². The van der Waals surface area contributed by atoms with Gasteiger partial charge in [-0.15, -0.1) is 6.58 Å². The van der Waals surface area contributed by atoms with E-state index in [9.17, 15) is 27.6 Å². The van der Waals surface area contributed by atoms with Crippen LogP contribution in [0.25, 0.3) is 0 Å². The first-order chi connectivity index (χ1) is 27.8. The van der Waals surface area contributed by atoms with Crippen LogP contribution in [-0.2, 0) is 34.2 Å². The highest BCUT2D eigenvalue weighted by atomic mass is 32.2. The highest BCUT2D eigenvalue weighted by Gasteiger charge is 2.85. The van der Waals surface area contributed by atoms with Gasteiger partial charge in [0, 0.05) is 43.8 Å². The molecule has 12 nitrogen and oxygen atoms in total. The van der Waals surface area contributed by atoms with Crippen LogP contribution in [0.15, 0.2) is 12.7 Å². The van der Waals surface area contributed by atoms with E-state index >= 15 is 4.79 Å². The number of hydrogen-bond donors (Lipinski definition) is 2. The fraction of sp³-hybridized carbons (Fsp3) is 0.848. The Labute approximate surface area is 354 Å². The molecule has 7 rings (SSSR count). The number of ketones is 2. The third-order valence-corrected chi connectivity index (χ3v) is 18.8. The van der Waals surface area contributed by atoms with Gasteiger partial charge in [-0.05, 0) is 105 Å². The third kappa shape index (κ3) is 7.67. The number of likely N-dealkylation sites (tertiary alicyclic amines) is 2. The fourth-order valence-corrected chi connectivity index (χ4v) is 14.4. The minimum atomic E-state index is -4.06. The highest BCUT2D eigenvalue weighted by Crippen LogP contribution is 2.88. The van der Waals surface area contributed by atoms with Crippen molar-refractivity contribution in [2.45, 2.75) is 169 Å². The summed E-state index contributed by atoms with van der Waals surface area (Å²) in [5.41, 5.74) is -2.21. The zero-order chi connectivity index (χ0) is 42.8. The number of fused-ring (bicyclic) bond motifs is 1. The molecule has 0 unspecified atom stereocenters. The Morgan fingerprint density at radius 2 is 1.49 bits per heavy atom. The Kier molecular flexibility index (Phi) is 12.2. The molecule has 3 saturated heterocycles. The zero-order valence-electron chi connectivity index (χ0n) is 36.9. The minimum Gasteiger partial charge on any atom is -0.345 e. The largest absolute Gasteiger partial charge is 0.345 e. The van der Waals surface area contributed by atoms with Crippen LogP contribution >= 0.6 is 0 Å². The lowest BCUT2D eigenvalue weighted by Gasteiger charge is -2.38. The Hall–Kier alpha value is -2.64. The van der Waals surface area contributed by atoms with Crippen molar-refractivity contribution < 1.29 is 32.4 Å². The first-order valence-electron chi connectivity index (χ1n) is 23.1. The summed E-state index contributed by atoms with van der Waals surface area (Å²) in [5, 5.41) is 3.26. The van der Waals surface area contributed by atoms with E-state index in [-0.39, 0.29) is 70.3 Å². The molecule has 0 aromatic rings. The number of Topliss-reactive ketones (excluding diaryl/α,β-unsaturated/α-hetero) is 2. The number of likely N-dealkylation sites (N-methyl/N-ethyl adjacent to an activating group) is 1. The second-order valence-electron chi connectivity index (χ2n) is 21.3. The average molecular weight is 840 g/mol. The molecular formula is C46H73N5O7S. The molecule has 0 aromatic carbocycles. The van der Waals surface area contributed by atoms with Crippen molar-refractivity contribution in [2.75, 3.05) is 32.7 Å². The van der Waals surface area contributed by atoms with Gasteiger partial charge in [0.1, 0.15) is 0 Å². The minimum absolute atomic E-state index is 0.0117. The molecule has 4 aliphatic carbocycles. The molecule has 7 aliphatic rings. The quantitative estimate of drug-likeness (QED) is 0.192. The van der Waals surface area contributed by atoms with Gasteiger partial charge in [-0.3, -0.25) is 28.9 Å². The number of hydrogen-bond acceptors (Lipinski definition) is 8. The van der Waals surface area contributed by atoms with Gasteiger partial charge >= 0.3 is 10.2 Å². The van der Waals surface area contributed by atoms with E-state index < -0.39 is 44.9 Å². The van der Waals surface area contributed by atoms with Crippen molar-refractivity contribution in [1.29, 1.82) is 0 Å². The van der Waals surface area contributed by atoms with E-state index in [2.05, 4.69) is 42.3 Å². The number of carbonyl (C=O) groups excluding carboxylic acids is 5. The van der Waals surface area contributed by atoms with Crippen LogP contribution in [0.1, 0.15) is 151 Å². The van der Waals surface area contributed by atoms with Crippen LogP contribution in [0.5, 0.6) is 0 Å². The normalized spacial score (nSPS) is 32.9. The second kappa shape index (κ2) is 16.2. The van der Waals surface area contributed by atoms with Gasteiger partial charge in [0.25, 0.3) is 0 Å². The lowest BCUT2D eigenvalue weighted by molar-refractivity contribution is -0.147.